The van der Waals surface area contributed by atoms with E-state index >= 15 is 0 Å². The van der Waals surface area contributed by atoms with Gasteiger partial charge >= 0.3 is 0 Å². The van der Waals surface area contributed by atoms with Crippen molar-refractivity contribution in [2.24, 2.45) is 5.92 Å². The van der Waals surface area contributed by atoms with Crippen LogP contribution < -0.4 is 5.32 Å². The molecule has 2 nitrogen and oxygen atoms in total. The molecule has 1 atom stereocenters. The zero-order valence-corrected chi connectivity index (χ0v) is 12.0. The molecule has 0 saturated carbocycles. The maximum Gasteiger partial charge on any atom is 0.0370 e. The molecule has 1 aromatic heterocycles. The van der Waals surface area contributed by atoms with Crippen LogP contribution in [-0.2, 0) is 12.8 Å². The van der Waals surface area contributed by atoms with Gasteiger partial charge in [0.05, 0.1) is 0 Å². The first-order chi connectivity index (χ1) is 9.88. The van der Waals surface area contributed by atoms with Gasteiger partial charge in [0, 0.05) is 18.4 Å². The Kier molecular flexibility index (Phi) is 4.12. The van der Waals surface area contributed by atoms with Crippen LogP contribution in [0.1, 0.15) is 36.1 Å². The highest BCUT2D eigenvalue weighted by atomic mass is 14.9. The van der Waals surface area contributed by atoms with Crippen LogP contribution in [0, 0.1) is 5.92 Å². The highest BCUT2D eigenvalue weighted by Gasteiger charge is 2.29. The number of benzene rings is 1. The highest BCUT2D eigenvalue weighted by molar-refractivity contribution is 5.33. The second-order valence-corrected chi connectivity index (χ2v) is 5.66. The summed E-state index contributed by atoms with van der Waals surface area (Å²) >= 11 is 0. The third-order valence-electron chi connectivity index (χ3n) is 4.21. The lowest BCUT2D eigenvalue weighted by Gasteiger charge is -2.25. The first kappa shape index (κ1) is 13.3. The molecule has 2 heteroatoms. The van der Waals surface area contributed by atoms with Crippen LogP contribution in [-0.4, -0.2) is 11.5 Å². The molecule has 1 aromatic carbocycles. The normalized spacial score (nSPS) is 16.1. The molecule has 104 valence electrons. The van der Waals surface area contributed by atoms with Crippen molar-refractivity contribution in [1.29, 1.82) is 0 Å². The Labute approximate surface area is 121 Å². The number of hydrogen-bond acceptors (Lipinski definition) is 2. The number of nitrogens with one attached hydrogen (secondary N) is 1. The van der Waals surface area contributed by atoms with Gasteiger partial charge in [-0.3, -0.25) is 4.98 Å². The third kappa shape index (κ3) is 2.75. The van der Waals surface area contributed by atoms with E-state index in [0.717, 1.165) is 13.0 Å². The smallest absolute Gasteiger partial charge is 0.0370 e. The van der Waals surface area contributed by atoms with Crippen LogP contribution in [0.4, 0.5) is 0 Å². The average molecular weight is 266 g/mol. The summed E-state index contributed by atoms with van der Waals surface area (Å²) in [6, 6.07) is 13.5. The second kappa shape index (κ2) is 6.19. The zero-order valence-electron chi connectivity index (χ0n) is 12.0. The third-order valence-corrected chi connectivity index (χ3v) is 4.21. The van der Waals surface area contributed by atoms with Crippen molar-refractivity contribution in [2.75, 3.05) is 6.54 Å². The maximum atomic E-state index is 4.29. The lowest BCUT2D eigenvalue weighted by molar-refractivity contribution is 0.373. The van der Waals surface area contributed by atoms with E-state index in [4.69, 9.17) is 0 Å². The quantitative estimate of drug-likeness (QED) is 0.895. The van der Waals surface area contributed by atoms with Crippen LogP contribution in [0.3, 0.4) is 0 Å². The molecule has 1 aliphatic rings. The number of rotatable bonds is 5. The Morgan fingerprint density at radius 2 is 1.90 bits per heavy atom. The van der Waals surface area contributed by atoms with Crippen molar-refractivity contribution < 1.29 is 0 Å². The average Bonchev–Trinajstić information content (AvgIpc) is 2.92. The van der Waals surface area contributed by atoms with Crippen molar-refractivity contribution in [3.63, 3.8) is 0 Å². The molecular formula is C18H22N2. The van der Waals surface area contributed by atoms with E-state index in [-0.39, 0.29) is 0 Å². The van der Waals surface area contributed by atoms with E-state index in [0.29, 0.717) is 12.0 Å². The number of pyridine rings is 1. The van der Waals surface area contributed by atoms with Gasteiger partial charge in [-0.2, -0.15) is 0 Å². The minimum absolute atomic E-state index is 0.413. The fourth-order valence-corrected chi connectivity index (χ4v) is 3.25. The topological polar surface area (TPSA) is 24.9 Å². The molecule has 2 aromatic rings. The molecule has 0 spiro atoms. The minimum atomic E-state index is 0.413. The molecule has 20 heavy (non-hydrogen) atoms. The van der Waals surface area contributed by atoms with E-state index in [1.807, 2.05) is 18.5 Å². The van der Waals surface area contributed by atoms with Gasteiger partial charge < -0.3 is 5.32 Å². The SMILES string of the molecule is CCCNC(c1cccnc1)C1Cc2ccccc2C1. The fraction of sp³-hybridized carbons (Fsp3) is 0.389. The number of aromatic nitrogens is 1. The molecule has 1 N–H and O–H groups in total. The molecule has 1 heterocycles. The van der Waals surface area contributed by atoms with Crippen LogP contribution >= 0.6 is 0 Å². The first-order valence-electron chi connectivity index (χ1n) is 7.58. The van der Waals surface area contributed by atoms with Gasteiger partial charge in [0.25, 0.3) is 0 Å². The van der Waals surface area contributed by atoms with E-state index in [2.05, 4.69) is 47.6 Å². The lowest BCUT2D eigenvalue weighted by atomic mass is 9.91. The summed E-state index contributed by atoms with van der Waals surface area (Å²) in [7, 11) is 0. The molecule has 0 amide bonds. The summed E-state index contributed by atoms with van der Waals surface area (Å²) in [5.74, 6) is 0.642. The molecule has 0 aliphatic heterocycles. The van der Waals surface area contributed by atoms with Crippen molar-refractivity contribution in [2.45, 2.75) is 32.2 Å². The number of nitrogens with zero attached hydrogens (tertiary/aromatic N) is 1. The van der Waals surface area contributed by atoms with Gasteiger partial charge in [0.2, 0.25) is 0 Å². The van der Waals surface area contributed by atoms with Crippen molar-refractivity contribution in [1.82, 2.24) is 10.3 Å². The molecule has 0 bridgehead atoms. The summed E-state index contributed by atoms with van der Waals surface area (Å²) in [4.78, 5) is 4.29. The highest BCUT2D eigenvalue weighted by Crippen LogP contribution is 2.35. The Bertz CT molecular complexity index is 525. The predicted molar refractivity (Wildman–Crippen MR) is 82.6 cm³/mol. The van der Waals surface area contributed by atoms with Crippen molar-refractivity contribution in [3.05, 3.63) is 65.5 Å². The minimum Gasteiger partial charge on any atom is -0.310 e. The van der Waals surface area contributed by atoms with Gasteiger partial charge in [-0.05, 0) is 54.5 Å². The molecule has 0 radical (unpaired) electrons. The van der Waals surface area contributed by atoms with Crippen LogP contribution in [0.25, 0.3) is 0 Å². The molecule has 1 unspecified atom stereocenters. The summed E-state index contributed by atoms with van der Waals surface area (Å²) in [6.07, 6.45) is 7.37. The monoisotopic (exact) mass is 266 g/mol. The van der Waals surface area contributed by atoms with Gasteiger partial charge in [-0.1, -0.05) is 37.3 Å². The van der Waals surface area contributed by atoms with Gasteiger partial charge in [0.1, 0.15) is 0 Å². The summed E-state index contributed by atoms with van der Waals surface area (Å²) in [5.41, 5.74) is 4.35. The number of fused-ring (bicyclic) bond motifs is 1. The molecule has 3 rings (SSSR count). The Morgan fingerprint density at radius 1 is 1.15 bits per heavy atom. The zero-order chi connectivity index (χ0) is 13.8. The standard InChI is InChI=1S/C18H22N2/c1-2-9-20-18(16-8-5-10-19-13-16)17-11-14-6-3-4-7-15(14)12-17/h3-8,10,13,17-18,20H,2,9,11-12H2,1H3. The maximum absolute atomic E-state index is 4.29. The van der Waals surface area contributed by atoms with E-state index in [1.54, 1.807) is 0 Å². The second-order valence-electron chi connectivity index (χ2n) is 5.66. The largest absolute Gasteiger partial charge is 0.310 e. The van der Waals surface area contributed by atoms with E-state index < -0.39 is 0 Å². The Balaban J connectivity index is 1.81. The van der Waals surface area contributed by atoms with Crippen LogP contribution in [0.5, 0.6) is 0 Å². The van der Waals surface area contributed by atoms with Crippen LogP contribution in [0.2, 0.25) is 0 Å². The van der Waals surface area contributed by atoms with Gasteiger partial charge in [-0.15, -0.1) is 0 Å². The van der Waals surface area contributed by atoms with Gasteiger partial charge in [-0.25, -0.2) is 0 Å². The van der Waals surface area contributed by atoms with Gasteiger partial charge in [0.15, 0.2) is 0 Å². The predicted octanol–water partition coefficient (Wildman–Crippen LogP) is 3.54. The fourth-order valence-electron chi connectivity index (χ4n) is 3.25. The molecular weight excluding hydrogens is 244 g/mol. The van der Waals surface area contributed by atoms with Crippen LogP contribution in [0.15, 0.2) is 48.8 Å². The van der Waals surface area contributed by atoms with Crippen molar-refractivity contribution >= 4 is 0 Å². The first-order valence-corrected chi connectivity index (χ1v) is 7.58. The van der Waals surface area contributed by atoms with E-state index in [1.165, 1.54) is 29.5 Å². The lowest BCUT2D eigenvalue weighted by Crippen LogP contribution is -2.29. The summed E-state index contributed by atoms with van der Waals surface area (Å²) in [5, 5.41) is 3.72. The number of hydrogen-bond donors (Lipinski definition) is 1. The molecule has 1 aliphatic carbocycles. The Morgan fingerprint density at radius 3 is 2.50 bits per heavy atom. The molecule has 0 saturated heterocycles. The Hall–Kier alpha value is -1.67. The van der Waals surface area contributed by atoms with Crippen molar-refractivity contribution in [3.8, 4) is 0 Å². The molecule has 0 fully saturated rings. The summed E-state index contributed by atoms with van der Waals surface area (Å²) in [6.45, 7) is 3.28. The van der Waals surface area contributed by atoms with E-state index in [9.17, 15) is 0 Å². The summed E-state index contributed by atoms with van der Waals surface area (Å²) < 4.78 is 0.